The molecule has 1 amide bonds. The van der Waals surface area contributed by atoms with Gasteiger partial charge in [-0.2, -0.15) is 0 Å². The number of aromatic amines is 2. The van der Waals surface area contributed by atoms with Crippen LogP contribution in [-0.4, -0.2) is 36.6 Å². The van der Waals surface area contributed by atoms with Crippen LogP contribution in [0.15, 0.2) is 60.9 Å². The molecule has 33 heavy (non-hydrogen) atoms. The van der Waals surface area contributed by atoms with Crippen LogP contribution in [0.2, 0.25) is 0 Å². The molecule has 0 fully saturated rings. The molecule has 3 aromatic heterocycles. The van der Waals surface area contributed by atoms with E-state index in [1.807, 2.05) is 30.3 Å². The van der Waals surface area contributed by atoms with E-state index < -0.39 is 0 Å². The Morgan fingerprint density at radius 2 is 1.79 bits per heavy atom. The molecule has 0 spiro atoms. The number of hydrogen-bond acceptors (Lipinski definition) is 5. The maximum absolute atomic E-state index is 13.0. The lowest BCUT2D eigenvalue weighted by Crippen LogP contribution is -2.14. The minimum Gasteiger partial charge on any atom is -0.345 e. The summed E-state index contributed by atoms with van der Waals surface area (Å²) in [5.74, 6) is 0.687. The van der Waals surface area contributed by atoms with Gasteiger partial charge in [0.1, 0.15) is 17.0 Å². The van der Waals surface area contributed by atoms with E-state index in [-0.39, 0.29) is 29.8 Å². The Kier molecular flexibility index (Phi) is 5.18. The summed E-state index contributed by atoms with van der Waals surface area (Å²) in [6, 6.07) is 14.8. The van der Waals surface area contributed by atoms with Crippen molar-refractivity contribution in [3.63, 3.8) is 0 Å². The molecular formula is C25H22N6O2. The van der Waals surface area contributed by atoms with E-state index in [0.717, 1.165) is 16.5 Å². The number of carbonyl (C=O) groups excluding carboxylic acids is 2. The number of imidazole rings is 2. The number of nitrogens with one attached hydrogen (secondary N) is 3. The van der Waals surface area contributed by atoms with Crippen LogP contribution in [0.4, 0.5) is 5.95 Å². The largest absolute Gasteiger partial charge is 0.345 e. The molecule has 0 unspecified atom stereocenters. The van der Waals surface area contributed by atoms with Gasteiger partial charge in [-0.3, -0.25) is 19.9 Å². The van der Waals surface area contributed by atoms with Crippen molar-refractivity contribution in [2.75, 3.05) is 5.32 Å². The van der Waals surface area contributed by atoms with E-state index in [9.17, 15) is 9.59 Å². The Morgan fingerprint density at radius 3 is 2.58 bits per heavy atom. The second kappa shape index (κ2) is 8.31. The number of hydrogen-bond donors (Lipinski definition) is 3. The molecule has 0 radical (unpaired) electrons. The average molecular weight is 438 g/mol. The van der Waals surface area contributed by atoms with Crippen molar-refractivity contribution >= 4 is 39.4 Å². The molecule has 0 aliphatic heterocycles. The van der Waals surface area contributed by atoms with Gasteiger partial charge in [-0.25, -0.2) is 9.97 Å². The van der Waals surface area contributed by atoms with Gasteiger partial charge < -0.3 is 9.97 Å². The van der Waals surface area contributed by atoms with E-state index in [0.29, 0.717) is 28.3 Å². The van der Waals surface area contributed by atoms with Crippen LogP contribution < -0.4 is 5.32 Å². The first-order valence-electron chi connectivity index (χ1n) is 10.7. The van der Waals surface area contributed by atoms with Gasteiger partial charge in [-0.1, -0.05) is 44.2 Å². The monoisotopic (exact) mass is 438 g/mol. The highest BCUT2D eigenvalue weighted by Gasteiger charge is 2.17. The lowest BCUT2D eigenvalue weighted by Gasteiger charge is -2.03. The Balaban J connectivity index is 1.38. The fraction of sp³-hybridized carbons (Fsp3) is 0.160. The van der Waals surface area contributed by atoms with Crippen molar-refractivity contribution in [1.82, 2.24) is 24.9 Å². The van der Waals surface area contributed by atoms with Crippen LogP contribution in [0.1, 0.15) is 52.1 Å². The number of H-pyrrole nitrogens is 2. The number of carbonyl (C=O) groups is 2. The molecule has 0 saturated carbocycles. The van der Waals surface area contributed by atoms with Gasteiger partial charge in [-0.15, -0.1) is 0 Å². The summed E-state index contributed by atoms with van der Waals surface area (Å²) >= 11 is 0. The van der Waals surface area contributed by atoms with Crippen LogP contribution in [0.25, 0.3) is 21.8 Å². The first-order valence-corrected chi connectivity index (χ1v) is 10.7. The summed E-state index contributed by atoms with van der Waals surface area (Å²) in [4.78, 5) is 45.0. The fourth-order valence-corrected chi connectivity index (χ4v) is 3.70. The van der Waals surface area contributed by atoms with E-state index in [1.54, 1.807) is 30.6 Å². The summed E-state index contributed by atoms with van der Waals surface area (Å²) in [6.45, 7) is 4.12. The van der Waals surface area contributed by atoms with Crippen LogP contribution in [0.3, 0.4) is 0 Å². The highest BCUT2D eigenvalue weighted by atomic mass is 16.2. The Morgan fingerprint density at radius 1 is 0.970 bits per heavy atom. The van der Waals surface area contributed by atoms with Crippen LogP contribution >= 0.6 is 0 Å². The Hall–Kier alpha value is -4.33. The number of para-hydroxylation sites is 1. The molecule has 5 rings (SSSR count). The Labute approximate surface area is 189 Å². The number of fused-ring (bicyclic) bond motifs is 2. The number of nitrogens with zero attached hydrogens (tertiary/aromatic N) is 3. The zero-order chi connectivity index (χ0) is 22.9. The SMILES string of the molecule is CC(C)c1cnc(CC(=O)c2cccc3[nH]c(NC(=O)c4cc5ccccc5cn4)nc23)[nH]1. The van der Waals surface area contributed by atoms with Gasteiger partial charge in [0.2, 0.25) is 5.95 Å². The van der Waals surface area contributed by atoms with Gasteiger partial charge in [0.05, 0.1) is 11.9 Å². The molecule has 0 atom stereocenters. The number of pyridine rings is 1. The second-order valence-electron chi connectivity index (χ2n) is 8.20. The molecule has 5 aromatic rings. The van der Waals surface area contributed by atoms with Crippen molar-refractivity contribution < 1.29 is 9.59 Å². The molecule has 2 aromatic carbocycles. The molecule has 0 aliphatic rings. The van der Waals surface area contributed by atoms with Crippen molar-refractivity contribution in [3.05, 3.63) is 83.7 Å². The van der Waals surface area contributed by atoms with E-state index in [2.05, 4.69) is 44.1 Å². The highest BCUT2D eigenvalue weighted by molar-refractivity contribution is 6.08. The lowest BCUT2D eigenvalue weighted by atomic mass is 10.1. The maximum atomic E-state index is 13.0. The third-order valence-electron chi connectivity index (χ3n) is 5.51. The molecule has 8 heteroatoms. The quantitative estimate of drug-likeness (QED) is 0.334. The Bertz CT molecular complexity index is 1500. The molecule has 0 saturated heterocycles. The van der Waals surface area contributed by atoms with Crippen LogP contribution in [0.5, 0.6) is 0 Å². The summed E-state index contributed by atoms with van der Waals surface area (Å²) in [5, 5.41) is 4.63. The number of ketones is 1. The molecular weight excluding hydrogens is 416 g/mol. The lowest BCUT2D eigenvalue weighted by molar-refractivity contribution is 0.0990. The summed E-state index contributed by atoms with van der Waals surface area (Å²) in [7, 11) is 0. The number of benzene rings is 2. The normalized spacial score (nSPS) is 11.4. The summed E-state index contributed by atoms with van der Waals surface area (Å²) in [6.07, 6.45) is 3.57. The van der Waals surface area contributed by atoms with Gasteiger partial charge >= 0.3 is 0 Å². The predicted molar refractivity (Wildman–Crippen MR) is 127 cm³/mol. The fourth-order valence-electron chi connectivity index (χ4n) is 3.70. The third kappa shape index (κ3) is 4.10. The van der Waals surface area contributed by atoms with Gasteiger partial charge in [-0.05, 0) is 29.5 Å². The average Bonchev–Trinajstić information content (AvgIpc) is 3.45. The summed E-state index contributed by atoms with van der Waals surface area (Å²) < 4.78 is 0. The second-order valence-corrected chi connectivity index (χ2v) is 8.20. The zero-order valence-corrected chi connectivity index (χ0v) is 18.2. The molecule has 164 valence electrons. The summed E-state index contributed by atoms with van der Waals surface area (Å²) in [5.41, 5.74) is 2.90. The van der Waals surface area contributed by atoms with E-state index in [4.69, 9.17) is 0 Å². The maximum Gasteiger partial charge on any atom is 0.276 e. The van der Waals surface area contributed by atoms with Crippen LogP contribution in [-0.2, 0) is 6.42 Å². The van der Waals surface area contributed by atoms with Crippen LogP contribution in [0, 0.1) is 0 Å². The molecule has 0 bridgehead atoms. The number of Topliss-reactive ketones (excluding diaryl/α,β-unsaturated/α-hetero) is 1. The molecule has 8 nitrogen and oxygen atoms in total. The van der Waals surface area contributed by atoms with Crippen molar-refractivity contribution in [3.8, 4) is 0 Å². The first-order chi connectivity index (χ1) is 16.0. The number of aromatic nitrogens is 5. The first kappa shape index (κ1) is 20.6. The molecule has 0 aliphatic carbocycles. The predicted octanol–water partition coefficient (Wildman–Crippen LogP) is 4.64. The van der Waals surface area contributed by atoms with Gasteiger partial charge in [0.15, 0.2) is 5.78 Å². The molecule has 3 N–H and O–H groups in total. The van der Waals surface area contributed by atoms with Gasteiger partial charge in [0, 0.05) is 29.0 Å². The minimum atomic E-state index is -0.385. The minimum absolute atomic E-state index is 0.106. The van der Waals surface area contributed by atoms with E-state index in [1.165, 1.54) is 0 Å². The topological polar surface area (TPSA) is 116 Å². The van der Waals surface area contributed by atoms with Crippen molar-refractivity contribution in [2.24, 2.45) is 0 Å². The number of amides is 1. The van der Waals surface area contributed by atoms with Gasteiger partial charge in [0.25, 0.3) is 5.91 Å². The van der Waals surface area contributed by atoms with Crippen molar-refractivity contribution in [1.29, 1.82) is 0 Å². The third-order valence-corrected chi connectivity index (χ3v) is 5.51. The zero-order valence-electron chi connectivity index (χ0n) is 18.2. The smallest absolute Gasteiger partial charge is 0.276 e. The highest BCUT2D eigenvalue weighted by Crippen LogP contribution is 2.21. The number of rotatable bonds is 6. The number of anilines is 1. The molecule has 3 heterocycles. The van der Waals surface area contributed by atoms with E-state index >= 15 is 0 Å². The standard InChI is InChI=1S/C25H22N6O2/c1-14(2)20-13-27-22(28-20)11-21(32)17-8-5-9-18-23(17)30-25(29-18)31-24(33)19-10-15-6-3-4-7-16(15)12-26-19/h3-10,12-14H,11H2,1-2H3,(H,27,28)(H2,29,30,31,33). The van der Waals surface area contributed by atoms with Crippen molar-refractivity contribution in [2.45, 2.75) is 26.2 Å².